The Bertz CT molecular complexity index is 350. The zero-order valence-electron chi connectivity index (χ0n) is 10.6. The Morgan fingerprint density at radius 1 is 1.24 bits per heavy atom. The molecule has 2 heteroatoms. The third-order valence-corrected chi connectivity index (χ3v) is 4.01. The van der Waals surface area contributed by atoms with Gasteiger partial charge >= 0.3 is 0 Å². The number of halogens is 1. The maximum Gasteiger partial charge on any atom is 0.133 e. The Hall–Kier alpha value is -1.05. The zero-order valence-corrected chi connectivity index (χ0v) is 10.6. The standard InChI is InChI=1S/C15H22FN/c1-15(16,11-10-12-4-2-3-5-12)13-6-8-14(17)9-7-13/h6-9,12H,2-5,10-11,17H2,1H3. The first-order valence-corrected chi connectivity index (χ1v) is 6.63. The number of anilines is 1. The van der Waals surface area contributed by atoms with Gasteiger partial charge in [-0.3, -0.25) is 0 Å². The molecule has 1 aromatic rings. The predicted molar refractivity (Wildman–Crippen MR) is 70.5 cm³/mol. The van der Waals surface area contributed by atoms with Gasteiger partial charge in [-0.1, -0.05) is 37.8 Å². The van der Waals surface area contributed by atoms with Gasteiger partial charge in [-0.15, -0.1) is 0 Å². The van der Waals surface area contributed by atoms with Crippen LogP contribution in [0.5, 0.6) is 0 Å². The summed E-state index contributed by atoms with van der Waals surface area (Å²) >= 11 is 0. The van der Waals surface area contributed by atoms with Gasteiger partial charge in [0.2, 0.25) is 0 Å². The lowest BCUT2D eigenvalue weighted by Gasteiger charge is -2.22. The lowest BCUT2D eigenvalue weighted by molar-refractivity contribution is 0.162. The third kappa shape index (κ3) is 3.21. The highest BCUT2D eigenvalue weighted by molar-refractivity contribution is 5.40. The monoisotopic (exact) mass is 235 g/mol. The molecule has 17 heavy (non-hydrogen) atoms. The van der Waals surface area contributed by atoms with E-state index >= 15 is 0 Å². The molecule has 0 bridgehead atoms. The van der Waals surface area contributed by atoms with Crippen LogP contribution in [-0.4, -0.2) is 0 Å². The Kier molecular flexibility index (Phi) is 3.70. The van der Waals surface area contributed by atoms with Crippen LogP contribution < -0.4 is 5.73 Å². The fraction of sp³-hybridized carbons (Fsp3) is 0.600. The summed E-state index contributed by atoms with van der Waals surface area (Å²) in [6.07, 6.45) is 6.87. The molecule has 1 aromatic carbocycles. The van der Waals surface area contributed by atoms with E-state index in [2.05, 4.69) is 0 Å². The second kappa shape index (κ2) is 5.07. The number of rotatable bonds is 4. The number of hydrogen-bond donors (Lipinski definition) is 1. The predicted octanol–water partition coefficient (Wildman–Crippen LogP) is 4.42. The summed E-state index contributed by atoms with van der Waals surface area (Å²) in [6, 6.07) is 7.18. The lowest BCUT2D eigenvalue weighted by Crippen LogP contribution is -2.16. The number of hydrogen-bond acceptors (Lipinski definition) is 1. The fourth-order valence-corrected chi connectivity index (χ4v) is 2.75. The van der Waals surface area contributed by atoms with Crippen LogP contribution in [0.25, 0.3) is 0 Å². The number of alkyl halides is 1. The minimum Gasteiger partial charge on any atom is -0.399 e. The molecule has 0 spiro atoms. The first kappa shape index (κ1) is 12.4. The van der Waals surface area contributed by atoms with Crippen LogP contribution in [0.4, 0.5) is 10.1 Å². The molecule has 0 radical (unpaired) electrons. The van der Waals surface area contributed by atoms with E-state index in [-0.39, 0.29) is 0 Å². The van der Waals surface area contributed by atoms with E-state index in [4.69, 9.17) is 5.73 Å². The zero-order chi connectivity index (χ0) is 12.3. The molecular formula is C15H22FN. The molecule has 1 nitrogen and oxygen atoms in total. The van der Waals surface area contributed by atoms with Gasteiger partial charge in [-0.25, -0.2) is 4.39 Å². The van der Waals surface area contributed by atoms with E-state index in [1.165, 1.54) is 25.7 Å². The van der Waals surface area contributed by atoms with Crippen molar-refractivity contribution in [1.29, 1.82) is 0 Å². The number of nitrogens with two attached hydrogens (primary N) is 1. The maximum atomic E-state index is 14.6. The molecule has 2 N–H and O–H groups in total. The molecule has 1 atom stereocenters. The number of nitrogen functional groups attached to an aromatic ring is 1. The van der Waals surface area contributed by atoms with Gasteiger partial charge in [-0.05, 0) is 43.4 Å². The topological polar surface area (TPSA) is 26.0 Å². The Labute approximate surface area is 103 Å². The number of benzene rings is 1. The molecule has 1 saturated carbocycles. The summed E-state index contributed by atoms with van der Waals surface area (Å²) < 4.78 is 14.6. The van der Waals surface area contributed by atoms with Crippen molar-refractivity contribution in [1.82, 2.24) is 0 Å². The molecule has 1 unspecified atom stereocenters. The van der Waals surface area contributed by atoms with Crippen LogP contribution in [0.1, 0.15) is 51.0 Å². The van der Waals surface area contributed by atoms with Crippen LogP contribution >= 0.6 is 0 Å². The van der Waals surface area contributed by atoms with Gasteiger partial charge in [0.1, 0.15) is 5.67 Å². The minimum absolute atomic E-state index is 0.627. The molecule has 2 rings (SSSR count). The van der Waals surface area contributed by atoms with Crippen molar-refractivity contribution < 1.29 is 4.39 Å². The van der Waals surface area contributed by atoms with Gasteiger partial charge < -0.3 is 5.73 Å². The van der Waals surface area contributed by atoms with E-state index in [1.54, 1.807) is 19.1 Å². The van der Waals surface area contributed by atoms with Gasteiger partial charge in [0.05, 0.1) is 0 Å². The highest BCUT2D eigenvalue weighted by atomic mass is 19.1. The SMILES string of the molecule is CC(F)(CCC1CCCC1)c1ccc(N)cc1. The maximum absolute atomic E-state index is 14.6. The van der Waals surface area contributed by atoms with Crippen molar-refractivity contribution in [2.45, 2.75) is 51.1 Å². The summed E-state index contributed by atoms with van der Waals surface area (Å²) in [7, 11) is 0. The van der Waals surface area contributed by atoms with Crippen molar-refractivity contribution in [3.8, 4) is 0 Å². The second-order valence-electron chi connectivity index (χ2n) is 5.51. The molecule has 0 amide bonds. The van der Waals surface area contributed by atoms with Crippen LogP contribution in [0.2, 0.25) is 0 Å². The van der Waals surface area contributed by atoms with Crippen molar-refractivity contribution in [2.24, 2.45) is 5.92 Å². The minimum atomic E-state index is -1.21. The van der Waals surface area contributed by atoms with Crippen LogP contribution in [0, 0.1) is 5.92 Å². The summed E-state index contributed by atoms with van der Waals surface area (Å²) in [4.78, 5) is 0. The average molecular weight is 235 g/mol. The highest BCUT2D eigenvalue weighted by Crippen LogP contribution is 2.36. The molecular weight excluding hydrogens is 213 g/mol. The first-order chi connectivity index (χ1) is 8.08. The van der Waals surface area contributed by atoms with Gasteiger partial charge in [0, 0.05) is 5.69 Å². The van der Waals surface area contributed by atoms with E-state index < -0.39 is 5.67 Å². The molecule has 1 aliphatic carbocycles. The summed E-state index contributed by atoms with van der Waals surface area (Å²) in [5, 5.41) is 0. The molecule has 0 heterocycles. The second-order valence-corrected chi connectivity index (χ2v) is 5.51. The first-order valence-electron chi connectivity index (χ1n) is 6.63. The van der Waals surface area contributed by atoms with Gasteiger partial charge in [0.25, 0.3) is 0 Å². The molecule has 0 aliphatic heterocycles. The summed E-state index contributed by atoms with van der Waals surface area (Å²) in [5.74, 6) is 0.749. The normalized spacial score (nSPS) is 20.4. The van der Waals surface area contributed by atoms with Crippen LogP contribution in [0.3, 0.4) is 0 Å². The van der Waals surface area contributed by atoms with Crippen molar-refractivity contribution in [3.05, 3.63) is 29.8 Å². The van der Waals surface area contributed by atoms with Crippen molar-refractivity contribution in [2.75, 3.05) is 5.73 Å². The van der Waals surface area contributed by atoms with E-state index in [9.17, 15) is 4.39 Å². The molecule has 1 aliphatic rings. The van der Waals surface area contributed by atoms with Gasteiger partial charge in [-0.2, -0.15) is 0 Å². The van der Waals surface area contributed by atoms with E-state index in [1.807, 2.05) is 12.1 Å². The average Bonchev–Trinajstić information content (AvgIpc) is 2.80. The van der Waals surface area contributed by atoms with Crippen LogP contribution in [0.15, 0.2) is 24.3 Å². The largest absolute Gasteiger partial charge is 0.399 e. The fourth-order valence-electron chi connectivity index (χ4n) is 2.75. The Morgan fingerprint density at radius 3 is 2.41 bits per heavy atom. The van der Waals surface area contributed by atoms with Crippen molar-refractivity contribution in [3.63, 3.8) is 0 Å². The van der Waals surface area contributed by atoms with Gasteiger partial charge in [0.15, 0.2) is 0 Å². The lowest BCUT2D eigenvalue weighted by atomic mass is 9.88. The third-order valence-electron chi connectivity index (χ3n) is 4.01. The Balaban J connectivity index is 1.94. The highest BCUT2D eigenvalue weighted by Gasteiger charge is 2.27. The van der Waals surface area contributed by atoms with Crippen molar-refractivity contribution >= 4 is 5.69 Å². The molecule has 1 fully saturated rings. The molecule has 0 saturated heterocycles. The molecule has 0 aromatic heterocycles. The summed E-state index contributed by atoms with van der Waals surface area (Å²) in [5.41, 5.74) is 5.86. The summed E-state index contributed by atoms with van der Waals surface area (Å²) in [6.45, 7) is 1.69. The van der Waals surface area contributed by atoms with E-state index in [0.29, 0.717) is 12.1 Å². The quantitative estimate of drug-likeness (QED) is 0.768. The smallest absolute Gasteiger partial charge is 0.133 e. The molecule has 94 valence electrons. The van der Waals surface area contributed by atoms with Crippen LogP contribution in [-0.2, 0) is 5.67 Å². The Morgan fingerprint density at radius 2 is 1.82 bits per heavy atom. The van der Waals surface area contributed by atoms with E-state index in [0.717, 1.165) is 17.9 Å².